The van der Waals surface area contributed by atoms with Crippen molar-refractivity contribution in [3.63, 3.8) is 0 Å². The third-order valence-electron chi connectivity index (χ3n) is 5.42. The lowest BCUT2D eigenvalue weighted by Gasteiger charge is -2.32. The Balaban J connectivity index is 1.78. The van der Waals surface area contributed by atoms with Crippen LogP contribution in [0.3, 0.4) is 0 Å². The molecule has 2 aromatic heterocycles. The SMILES string of the molecule is Cc1sc(NC(=O)c2ccco2)c([C@H](c2cccc(Cl)c2)[NH+]2CCOCC2)c1C. The van der Waals surface area contributed by atoms with Gasteiger partial charge in [-0.1, -0.05) is 23.7 Å². The Morgan fingerprint density at radius 1 is 1.21 bits per heavy atom. The number of rotatable bonds is 5. The first-order chi connectivity index (χ1) is 14.0. The number of morpholine rings is 1. The van der Waals surface area contributed by atoms with Crippen LogP contribution >= 0.6 is 22.9 Å². The Labute approximate surface area is 179 Å². The largest absolute Gasteiger partial charge is 0.459 e. The van der Waals surface area contributed by atoms with Crippen molar-refractivity contribution in [2.45, 2.75) is 19.9 Å². The highest BCUT2D eigenvalue weighted by atomic mass is 35.5. The Kier molecular flexibility index (Phi) is 6.06. The lowest BCUT2D eigenvalue weighted by atomic mass is 9.94. The molecule has 2 N–H and O–H groups in total. The summed E-state index contributed by atoms with van der Waals surface area (Å²) in [5.41, 5.74) is 3.49. The summed E-state index contributed by atoms with van der Waals surface area (Å²) in [6.45, 7) is 7.47. The Bertz CT molecular complexity index is 994. The summed E-state index contributed by atoms with van der Waals surface area (Å²) in [4.78, 5) is 15.3. The van der Waals surface area contributed by atoms with E-state index in [4.69, 9.17) is 20.8 Å². The fourth-order valence-corrected chi connectivity index (χ4v) is 5.16. The van der Waals surface area contributed by atoms with Crippen LogP contribution in [0.5, 0.6) is 0 Å². The number of halogens is 1. The van der Waals surface area contributed by atoms with E-state index in [0.717, 1.165) is 42.4 Å². The van der Waals surface area contributed by atoms with Gasteiger partial charge in [0.05, 0.1) is 25.0 Å². The molecule has 0 unspecified atom stereocenters. The van der Waals surface area contributed by atoms with Gasteiger partial charge in [0.1, 0.15) is 24.1 Å². The predicted octanol–water partition coefficient (Wildman–Crippen LogP) is 3.87. The van der Waals surface area contributed by atoms with Crippen LogP contribution in [0.1, 0.15) is 38.2 Å². The number of carbonyl (C=O) groups excluding carboxylic acids is 1. The van der Waals surface area contributed by atoms with Gasteiger partial charge in [0, 0.05) is 15.5 Å². The maximum absolute atomic E-state index is 12.7. The number of furan rings is 1. The molecule has 152 valence electrons. The third kappa shape index (κ3) is 4.26. The average molecular weight is 432 g/mol. The Morgan fingerprint density at radius 2 is 2.00 bits per heavy atom. The van der Waals surface area contributed by atoms with E-state index >= 15 is 0 Å². The second kappa shape index (κ2) is 8.71. The van der Waals surface area contributed by atoms with Crippen molar-refractivity contribution in [3.05, 3.63) is 75.0 Å². The van der Waals surface area contributed by atoms with E-state index in [1.54, 1.807) is 23.5 Å². The van der Waals surface area contributed by atoms with Crippen molar-refractivity contribution in [1.82, 2.24) is 0 Å². The molecule has 1 fully saturated rings. The second-order valence-electron chi connectivity index (χ2n) is 7.22. The van der Waals surface area contributed by atoms with Crippen LogP contribution in [0, 0.1) is 13.8 Å². The number of hydrogen-bond acceptors (Lipinski definition) is 4. The van der Waals surface area contributed by atoms with Gasteiger partial charge in [-0.25, -0.2) is 0 Å². The highest BCUT2D eigenvalue weighted by Gasteiger charge is 2.34. The van der Waals surface area contributed by atoms with Gasteiger partial charge in [0.2, 0.25) is 0 Å². The molecule has 3 aromatic rings. The van der Waals surface area contributed by atoms with Gasteiger partial charge in [0.15, 0.2) is 5.76 Å². The molecule has 7 heteroatoms. The summed E-state index contributed by atoms with van der Waals surface area (Å²) in [5.74, 6) is 0.0667. The van der Waals surface area contributed by atoms with Crippen LogP contribution in [0.25, 0.3) is 0 Å². The van der Waals surface area contributed by atoms with Crippen molar-refractivity contribution in [2.24, 2.45) is 0 Å². The van der Waals surface area contributed by atoms with E-state index in [0.29, 0.717) is 10.8 Å². The van der Waals surface area contributed by atoms with E-state index in [2.05, 4.69) is 25.2 Å². The summed E-state index contributed by atoms with van der Waals surface area (Å²) < 4.78 is 10.9. The molecule has 1 aliphatic rings. The minimum absolute atomic E-state index is 0.0643. The second-order valence-corrected chi connectivity index (χ2v) is 8.88. The highest BCUT2D eigenvalue weighted by molar-refractivity contribution is 7.16. The number of aryl methyl sites for hydroxylation is 1. The first-order valence-corrected chi connectivity index (χ1v) is 10.9. The predicted molar refractivity (Wildman–Crippen MR) is 115 cm³/mol. The van der Waals surface area contributed by atoms with Crippen molar-refractivity contribution in [1.29, 1.82) is 0 Å². The van der Waals surface area contributed by atoms with Gasteiger partial charge in [-0.3, -0.25) is 4.79 Å². The van der Waals surface area contributed by atoms with Crippen molar-refractivity contribution >= 4 is 33.8 Å². The van der Waals surface area contributed by atoms with Crippen molar-refractivity contribution in [3.8, 4) is 0 Å². The molecule has 1 amide bonds. The van der Waals surface area contributed by atoms with Crippen LogP contribution in [-0.2, 0) is 4.74 Å². The van der Waals surface area contributed by atoms with Gasteiger partial charge in [-0.2, -0.15) is 0 Å². The van der Waals surface area contributed by atoms with Crippen LogP contribution in [-0.4, -0.2) is 32.2 Å². The smallest absolute Gasteiger partial charge is 0.291 e. The van der Waals surface area contributed by atoms with Crippen LogP contribution in [0.15, 0.2) is 47.1 Å². The van der Waals surface area contributed by atoms with Gasteiger partial charge in [-0.05, 0) is 43.7 Å². The quantitative estimate of drug-likeness (QED) is 0.644. The zero-order chi connectivity index (χ0) is 20.4. The molecular weight excluding hydrogens is 408 g/mol. The molecule has 0 saturated carbocycles. The molecule has 3 heterocycles. The van der Waals surface area contributed by atoms with E-state index in [1.165, 1.54) is 21.6 Å². The van der Waals surface area contributed by atoms with E-state index < -0.39 is 0 Å². The standard InChI is InChI=1S/C22H23ClN2O3S/c1-14-15(2)29-22(24-21(26)18-7-4-10-28-18)19(14)20(25-8-11-27-12-9-25)16-5-3-6-17(23)13-16/h3-7,10,13,20H,8-9,11-12H2,1-2H3,(H,24,26)/p+1/t20-/m0/s1. The van der Waals surface area contributed by atoms with Gasteiger partial charge in [0.25, 0.3) is 5.91 Å². The fourth-order valence-electron chi connectivity index (χ4n) is 3.87. The number of amides is 1. The zero-order valence-electron chi connectivity index (χ0n) is 16.5. The number of thiophene rings is 1. The first-order valence-electron chi connectivity index (χ1n) is 9.67. The summed E-state index contributed by atoms with van der Waals surface area (Å²) >= 11 is 7.95. The molecule has 5 nitrogen and oxygen atoms in total. The minimum atomic E-state index is -0.237. The number of ether oxygens (including phenoxy) is 1. The zero-order valence-corrected chi connectivity index (χ0v) is 18.0. The molecule has 4 rings (SSSR count). The molecule has 29 heavy (non-hydrogen) atoms. The Hall–Kier alpha value is -2.12. The molecule has 1 aromatic carbocycles. The maximum atomic E-state index is 12.7. The number of benzene rings is 1. The summed E-state index contributed by atoms with van der Waals surface area (Å²) in [7, 11) is 0. The molecule has 0 spiro atoms. The maximum Gasteiger partial charge on any atom is 0.291 e. The molecule has 0 aliphatic carbocycles. The van der Waals surface area contributed by atoms with Crippen molar-refractivity contribution < 1.29 is 18.8 Å². The highest BCUT2D eigenvalue weighted by Crippen LogP contribution is 2.39. The van der Waals surface area contributed by atoms with Gasteiger partial charge >= 0.3 is 0 Å². The summed E-state index contributed by atoms with van der Waals surface area (Å²) in [5, 5.41) is 4.67. The summed E-state index contributed by atoms with van der Waals surface area (Å²) in [6, 6.07) is 11.5. The first kappa shape index (κ1) is 20.2. The molecule has 0 radical (unpaired) electrons. The monoisotopic (exact) mass is 431 g/mol. The fraction of sp³-hybridized carbons (Fsp3) is 0.318. The molecular formula is C22H24ClN2O3S+. The topological polar surface area (TPSA) is 55.9 Å². The number of nitrogens with one attached hydrogen (secondary N) is 2. The van der Waals surface area contributed by atoms with E-state index in [1.807, 2.05) is 18.2 Å². The lowest BCUT2D eigenvalue weighted by Crippen LogP contribution is -3.14. The molecule has 1 saturated heterocycles. The van der Waals surface area contributed by atoms with E-state index in [-0.39, 0.29) is 11.9 Å². The number of quaternary nitrogens is 1. The van der Waals surface area contributed by atoms with Gasteiger partial charge in [-0.15, -0.1) is 11.3 Å². The van der Waals surface area contributed by atoms with Crippen LogP contribution in [0.2, 0.25) is 5.02 Å². The van der Waals surface area contributed by atoms with Gasteiger partial charge < -0.3 is 19.4 Å². The lowest BCUT2D eigenvalue weighted by molar-refractivity contribution is -0.933. The van der Waals surface area contributed by atoms with Crippen molar-refractivity contribution in [2.75, 3.05) is 31.6 Å². The molecule has 1 aliphatic heterocycles. The number of anilines is 1. The minimum Gasteiger partial charge on any atom is -0.459 e. The number of carbonyl (C=O) groups is 1. The third-order valence-corrected chi connectivity index (χ3v) is 6.79. The normalized spacial score (nSPS) is 16.0. The number of hydrogen-bond donors (Lipinski definition) is 2. The van der Waals surface area contributed by atoms with Crippen LogP contribution < -0.4 is 10.2 Å². The Morgan fingerprint density at radius 3 is 2.69 bits per heavy atom. The molecule has 1 atom stereocenters. The summed E-state index contributed by atoms with van der Waals surface area (Å²) in [6.07, 6.45) is 1.51. The van der Waals surface area contributed by atoms with E-state index in [9.17, 15) is 4.79 Å². The molecule has 0 bridgehead atoms. The average Bonchev–Trinajstić information content (AvgIpc) is 3.34. The van der Waals surface area contributed by atoms with Crippen LogP contribution in [0.4, 0.5) is 5.00 Å².